The Morgan fingerprint density at radius 3 is 2.54 bits per heavy atom. The topological polar surface area (TPSA) is 125 Å². The highest BCUT2D eigenvalue weighted by Crippen LogP contribution is 2.26. The Bertz CT molecular complexity index is 1200. The summed E-state index contributed by atoms with van der Waals surface area (Å²) in [6, 6.07) is 12.9. The van der Waals surface area contributed by atoms with Gasteiger partial charge in [0.05, 0.1) is 34.1 Å². The van der Waals surface area contributed by atoms with Gasteiger partial charge in [-0.05, 0) is 62.7 Å². The SMILES string of the molecule is CC.CCCOc1ccc(C[C@H](NC)C(=O)O)cc1.Cc1nc2ccc(OCC3=CN(CC=O)NN3)cc2s1. The number of aryl methyl sites for hydroxylation is 1. The Morgan fingerprint density at radius 1 is 1.18 bits per heavy atom. The number of ether oxygens (including phenoxy) is 2. The molecule has 2 heterocycles. The van der Waals surface area contributed by atoms with Crippen LogP contribution in [0.3, 0.4) is 0 Å². The number of benzene rings is 2. The molecule has 0 unspecified atom stereocenters. The molecule has 0 radical (unpaired) electrons. The maximum absolute atomic E-state index is 10.9. The first-order valence-corrected chi connectivity index (χ1v) is 13.8. The number of fused-ring (bicyclic) bond motifs is 1. The predicted octanol–water partition coefficient (Wildman–Crippen LogP) is 4.07. The Labute approximate surface area is 234 Å². The number of thiazole rings is 1. The van der Waals surface area contributed by atoms with E-state index in [0.29, 0.717) is 26.2 Å². The first-order chi connectivity index (χ1) is 18.9. The molecule has 1 aromatic heterocycles. The molecule has 0 bridgehead atoms. The first-order valence-electron chi connectivity index (χ1n) is 13.0. The zero-order valence-electron chi connectivity index (χ0n) is 23.2. The zero-order valence-corrected chi connectivity index (χ0v) is 24.0. The molecule has 10 nitrogen and oxygen atoms in total. The second-order valence-corrected chi connectivity index (χ2v) is 9.47. The fourth-order valence-corrected chi connectivity index (χ4v) is 4.27. The summed E-state index contributed by atoms with van der Waals surface area (Å²) in [5.41, 5.74) is 8.64. The standard InChI is InChI=1S/C13H14N4O2S.C13H19NO3.C2H6/c1-9-14-12-3-2-11(6-13(12)20-9)19-8-10-7-17(4-5-18)16-15-10;1-3-8-17-11-6-4-10(5-7-11)9-12(14-2)13(15)16;1-2/h2-3,5-7,15-16H,4,8H2,1H3;4-7,12,14H,3,8-9H2,1-2H3,(H,15,16);1-2H3/t;12-;/m.0./s1. The fraction of sp³-hybridized carbons (Fsp3) is 0.393. The van der Waals surface area contributed by atoms with Gasteiger partial charge in [0, 0.05) is 6.20 Å². The molecule has 0 aliphatic carbocycles. The van der Waals surface area contributed by atoms with Gasteiger partial charge < -0.3 is 30.1 Å². The third-order valence-corrected chi connectivity index (χ3v) is 6.22. The lowest BCUT2D eigenvalue weighted by Crippen LogP contribution is -2.37. The van der Waals surface area contributed by atoms with Crippen LogP contribution in [-0.4, -0.2) is 60.2 Å². The summed E-state index contributed by atoms with van der Waals surface area (Å²) < 4.78 is 12.3. The van der Waals surface area contributed by atoms with Crippen LogP contribution in [0, 0.1) is 6.92 Å². The molecule has 1 aliphatic heterocycles. The summed E-state index contributed by atoms with van der Waals surface area (Å²) >= 11 is 1.65. The van der Waals surface area contributed by atoms with Crippen LogP contribution in [0.15, 0.2) is 54.4 Å². The average Bonchev–Trinajstić information content (AvgIpc) is 3.56. The maximum Gasteiger partial charge on any atom is 0.321 e. The molecule has 3 aromatic rings. The highest BCUT2D eigenvalue weighted by atomic mass is 32.1. The quantitative estimate of drug-likeness (QED) is 0.242. The Hall–Kier alpha value is -3.67. The lowest BCUT2D eigenvalue weighted by Gasteiger charge is -2.11. The van der Waals surface area contributed by atoms with E-state index in [9.17, 15) is 9.59 Å². The van der Waals surface area contributed by atoms with E-state index >= 15 is 0 Å². The van der Waals surface area contributed by atoms with Crippen molar-refractivity contribution in [1.29, 1.82) is 0 Å². The lowest BCUT2D eigenvalue weighted by atomic mass is 10.1. The number of nitrogens with zero attached hydrogens (tertiary/aromatic N) is 2. The number of aldehydes is 1. The molecule has 212 valence electrons. The summed E-state index contributed by atoms with van der Waals surface area (Å²) in [5.74, 6) is 0.795. The molecule has 11 heteroatoms. The van der Waals surface area contributed by atoms with Gasteiger partial charge in [0.1, 0.15) is 30.4 Å². The van der Waals surface area contributed by atoms with Crippen LogP contribution < -0.4 is 25.8 Å². The molecule has 39 heavy (non-hydrogen) atoms. The number of hydrazine groups is 2. The van der Waals surface area contributed by atoms with Crippen LogP contribution in [0.2, 0.25) is 0 Å². The summed E-state index contributed by atoms with van der Waals surface area (Å²) in [5, 5.41) is 14.4. The first kappa shape index (κ1) is 31.5. The van der Waals surface area contributed by atoms with Crippen molar-refractivity contribution in [1.82, 2.24) is 26.3 Å². The summed E-state index contributed by atoms with van der Waals surface area (Å²) in [6.45, 7) is 9.45. The summed E-state index contributed by atoms with van der Waals surface area (Å²) in [6.07, 6.45) is 4.08. The largest absolute Gasteiger partial charge is 0.494 e. The van der Waals surface area contributed by atoms with E-state index in [0.717, 1.165) is 50.7 Å². The monoisotopic (exact) mass is 557 g/mol. The van der Waals surface area contributed by atoms with Crippen molar-refractivity contribution in [3.63, 3.8) is 0 Å². The molecule has 4 rings (SSSR count). The van der Waals surface area contributed by atoms with Crippen molar-refractivity contribution >= 4 is 33.8 Å². The summed E-state index contributed by atoms with van der Waals surface area (Å²) in [7, 11) is 1.65. The molecule has 1 aliphatic rings. The number of hydrogen-bond acceptors (Lipinski definition) is 10. The number of carbonyl (C=O) groups is 2. The van der Waals surface area contributed by atoms with Gasteiger partial charge in [-0.25, -0.2) is 4.98 Å². The third kappa shape index (κ3) is 10.5. The number of aliphatic carboxylic acids is 1. The molecule has 0 fully saturated rings. The minimum atomic E-state index is -0.834. The molecule has 0 amide bonds. The smallest absolute Gasteiger partial charge is 0.321 e. The fourth-order valence-electron chi connectivity index (χ4n) is 3.41. The average molecular weight is 558 g/mol. The van der Waals surface area contributed by atoms with Crippen LogP contribution >= 0.6 is 11.3 Å². The van der Waals surface area contributed by atoms with Gasteiger partial charge in [-0.15, -0.1) is 16.9 Å². The minimum Gasteiger partial charge on any atom is -0.494 e. The van der Waals surface area contributed by atoms with Gasteiger partial charge in [-0.1, -0.05) is 32.9 Å². The van der Waals surface area contributed by atoms with Crippen LogP contribution in [0.4, 0.5) is 0 Å². The number of carboxylic acids is 1. The van der Waals surface area contributed by atoms with Gasteiger partial charge in [-0.2, -0.15) is 0 Å². The zero-order chi connectivity index (χ0) is 28.6. The number of aromatic nitrogens is 1. The van der Waals surface area contributed by atoms with E-state index in [2.05, 4.69) is 28.2 Å². The van der Waals surface area contributed by atoms with Crippen molar-refractivity contribution in [2.45, 2.75) is 46.6 Å². The van der Waals surface area contributed by atoms with E-state index in [1.807, 2.05) is 69.4 Å². The van der Waals surface area contributed by atoms with Crippen LogP contribution in [0.1, 0.15) is 37.8 Å². The molecule has 0 saturated carbocycles. The molecule has 2 aromatic carbocycles. The normalized spacial score (nSPS) is 12.7. The number of carbonyl (C=O) groups excluding carboxylic acids is 1. The maximum atomic E-state index is 10.9. The van der Waals surface area contributed by atoms with Crippen molar-refractivity contribution in [3.8, 4) is 11.5 Å². The second kappa shape index (κ2) is 17.0. The Balaban J connectivity index is 0.000000261. The molecule has 1 atom stereocenters. The Kier molecular flexibility index (Phi) is 13.8. The predicted molar refractivity (Wildman–Crippen MR) is 155 cm³/mol. The Morgan fingerprint density at radius 2 is 1.90 bits per heavy atom. The van der Waals surface area contributed by atoms with E-state index in [-0.39, 0.29) is 0 Å². The molecular formula is C28H39N5O5S. The third-order valence-electron chi connectivity index (χ3n) is 5.29. The number of carboxylic acid groups (broad SMARTS) is 1. The number of likely N-dealkylation sites (N-methyl/N-ethyl adjacent to an activating group) is 1. The van der Waals surface area contributed by atoms with Crippen LogP contribution in [-0.2, 0) is 16.0 Å². The van der Waals surface area contributed by atoms with E-state index in [4.69, 9.17) is 14.6 Å². The highest BCUT2D eigenvalue weighted by molar-refractivity contribution is 7.18. The van der Waals surface area contributed by atoms with Gasteiger partial charge in [0.25, 0.3) is 0 Å². The van der Waals surface area contributed by atoms with E-state index in [1.54, 1.807) is 23.4 Å². The van der Waals surface area contributed by atoms with Crippen LogP contribution in [0.5, 0.6) is 11.5 Å². The number of rotatable bonds is 12. The summed E-state index contributed by atoms with van der Waals surface area (Å²) in [4.78, 5) is 25.7. The second-order valence-electron chi connectivity index (χ2n) is 8.24. The van der Waals surface area contributed by atoms with Gasteiger partial charge >= 0.3 is 5.97 Å². The van der Waals surface area contributed by atoms with E-state index < -0.39 is 12.0 Å². The van der Waals surface area contributed by atoms with E-state index in [1.165, 1.54) is 0 Å². The van der Waals surface area contributed by atoms with Crippen molar-refractivity contribution in [2.24, 2.45) is 0 Å². The molecular weight excluding hydrogens is 518 g/mol. The van der Waals surface area contributed by atoms with Crippen molar-refractivity contribution in [2.75, 3.05) is 26.8 Å². The number of nitrogens with one attached hydrogen (secondary N) is 3. The molecule has 0 saturated heterocycles. The minimum absolute atomic E-state index is 0.294. The van der Waals surface area contributed by atoms with Crippen LogP contribution in [0.25, 0.3) is 10.2 Å². The number of hydrogen-bond donors (Lipinski definition) is 4. The molecule has 4 N–H and O–H groups in total. The van der Waals surface area contributed by atoms with Crippen molar-refractivity contribution in [3.05, 3.63) is 64.9 Å². The molecule has 0 spiro atoms. The lowest BCUT2D eigenvalue weighted by molar-refractivity contribution is -0.139. The van der Waals surface area contributed by atoms with Gasteiger partial charge in [0.2, 0.25) is 0 Å². The highest BCUT2D eigenvalue weighted by Gasteiger charge is 2.15. The van der Waals surface area contributed by atoms with Crippen molar-refractivity contribution < 1.29 is 24.2 Å². The van der Waals surface area contributed by atoms with Gasteiger partial charge in [-0.3, -0.25) is 9.80 Å². The van der Waals surface area contributed by atoms with Gasteiger partial charge in [0.15, 0.2) is 0 Å².